The summed E-state index contributed by atoms with van der Waals surface area (Å²) in [6.07, 6.45) is 7.61. The molecule has 0 saturated heterocycles. The normalized spacial score (nSPS) is 15.4. The summed E-state index contributed by atoms with van der Waals surface area (Å²) in [6.45, 7) is 0. The van der Waals surface area contributed by atoms with Crippen LogP contribution in [0.2, 0.25) is 0 Å². The third-order valence-electron chi connectivity index (χ3n) is 8.21. The van der Waals surface area contributed by atoms with Crippen LogP contribution in [0.4, 0.5) is 0 Å². The number of fused-ring (bicyclic) bond motifs is 5. The Hall–Kier alpha value is -3.38. The highest BCUT2D eigenvalue weighted by molar-refractivity contribution is 6.38. The number of hydrogen-bond acceptors (Lipinski definition) is 0. The Morgan fingerprint density at radius 1 is 0.406 bits per heavy atom. The van der Waals surface area contributed by atoms with Crippen LogP contribution in [-0.4, -0.2) is 0 Å². The molecule has 32 heavy (non-hydrogen) atoms. The van der Waals surface area contributed by atoms with E-state index in [0.717, 1.165) is 0 Å². The number of rotatable bonds is 0. The number of hydrogen-bond donors (Lipinski definition) is 0. The van der Waals surface area contributed by atoms with Crippen LogP contribution in [0.15, 0.2) is 72.8 Å². The van der Waals surface area contributed by atoms with E-state index in [9.17, 15) is 0 Å². The summed E-state index contributed by atoms with van der Waals surface area (Å²) in [5.41, 5.74) is 3.12. The predicted molar refractivity (Wildman–Crippen MR) is 140 cm³/mol. The molecule has 0 unspecified atom stereocenters. The summed E-state index contributed by atoms with van der Waals surface area (Å²) in [6, 6.07) is 28.1. The van der Waals surface area contributed by atoms with Gasteiger partial charge in [-0.1, -0.05) is 79.6 Å². The molecule has 152 valence electrons. The zero-order valence-electron chi connectivity index (χ0n) is 18.2. The first-order valence-electron chi connectivity index (χ1n) is 12.2. The van der Waals surface area contributed by atoms with Gasteiger partial charge in [0.15, 0.2) is 0 Å². The SMILES string of the molecule is c1cc2cccc3c4c5c6c(cc4c(c1)c23)c1ccc(c2cccc6c21)CCCCCC5. The van der Waals surface area contributed by atoms with Gasteiger partial charge in [0.1, 0.15) is 0 Å². The van der Waals surface area contributed by atoms with Gasteiger partial charge in [0.05, 0.1) is 0 Å². The summed E-state index contributed by atoms with van der Waals surface area (Å²) in [7, 11) is 0. The van der Waals surface area contributed by atoms with Crippen LogP contribution >= 0.6 is 0 Å². The maximum absolute atomic E-state index is 2.52. The van der Waals surface area contributed by atoms with E-state index in [-0.39, 0.29) is 0 Å². The molecule has 0 aromatic heterocycles. The standard InChI is InChI=1S/C32H24/c1-2-4-11-25-31-24-14-6-10-20-9-5-13-22(29(20)24)27(31)18-28-23-17-16-19(8-3-1)21-12-7-15-26(30(21)23)32(25)28/h5-7,9-10,12-18H,1-4,8,11H2. The Balaban J connectivity index is 1.70. The highest BCUT2D eigenvalue weighted by Gasteiger charge is 2.22. The third-order valence-corrected chi connectivity index (χ3v) is 8.21. The molecule has 5 bridgehead atoms. The summed E-state index contributed by atoms with van der Waals surface area (Å²) in [5.74, 6) is 0. The van der Waals surface area contributed by atoms with Crippen molar-refractivity contribution in [2.75, 3.05) is 0 Å². The molecule has 8 rings (SSSR count). The smallest absolute Gasteiger partial charge is 0.00235 e. The van der Waals surface area contributed by atoms with Crippen molar-refractivity contribution in [2.24, 2.45) is 0 Å². The highest BCUT2D eigenvalue weighted by Crippen LogP contribution is 2.48. The molecule has 1 aliphatic carbocycles. The van der Waals surface area contributed by atoms with Gasteiger partial charge in [0.25, 0.3) is 0 Å². The molecular weight excluding hydrogens is 384 g/mol. The number of aryl methyl sites for hydroxylation is 2. The van der Waals surface area contributed by atoms with Gasteiger partial charge in [-0.2, -0.15) is 0 Å². The lowest BCUT2D eigenvalue weighted by Crippen LogP contribution is -1.92. The van der Waals surface area contributed by atoms with Crippen LogP contribution in [0, 0.1) is 0 Å². The average molecular weight is 409 g/mol. The number of benzene rings is 5. The first kappa shape index (κ1) is 17.2. The Kier molecular flexibility index (Phi) is 3.28. The van der Waals surface area contributed by atoms with Crippen molar-refractivity contribution in [3.8, 4) is 0 Å². The van der Waals surface area contributed by atoms with E-state index < -0.39 is 0 Å². The van der Waals surface area contributed by atoms with Gasteiger partial charge in [-0.15, -0.1) is 0 Å². The molecule has 7 aromatic carbocycles. The molecule has 0 radical (unpaired) electrons. The zero-order valence-corrected chi connectivity index (χ0v) is 18.2. The molecule has 0 aliphatic heterocycles. The third kappa shape index (κ3) is 2.04. The Morgan fingerprint density at radius 2 is 1.03 bits per heavy atom. The molecule has 7 aromatic rings. The summed E-state index contributed by atoms with van der Waals surface area (Å²) >= 11 is 0. The van der Waals surface area contributed by atoms with Crippen molar-refractivity contribution in [2.45, 2.75) is 38.5 Å². The first-order chi connectivity index (χ1) is 15.9. The minimum atomic E-state index is 1.17. The fourth-order valence-electron chi connectivity index (χ4n) is 6.89. The van der Waals surface area contributed by atoms with Crippen molar-refractivity contribution in [3.63, 3.8) is 0 Å². The van der Waals surface area contributed by atoms with Crippen LogP contribution in [0.5, 0.6) is 0 Å². The molecule has 0 fully saturated rings. The summed E-state index contributed by atoms with van der Waals surface area (Å²) < 4.78 is 0. The van der Waals surface area contributed by atoms with Crippen LogP contribution in [-0.2, 0) is 12.8 Å². The maximum atomic E-state index is 2.52. The fourth-order valence-corrected chi connectivity index (χ4v) is 6.89. The first-order valence-corrected chi connectivity index (χ1v) is 12.2. The van der Waals surface area contributed by atoms with E-state index in [2.05, 4.69) is 72.8 Å². The predicted octanol–water partition coefficient (Wildman–Crippen LogP) is 9.14. The molecule has 0 saturated carbocycles. The average Bonchev–Trinajstić information content (AvgIpc) is 3.33. The lowest BCUT2D eigenvalue weighted by molar-refractivity contribution is 0.643. The Morgan fingerprint density at radius 3 is 1.84 bits per heavy atom. The molecular formula is C32H24. The quantitative estimate of drug-likeness (QED) is 0.235. The largest absolute Gasteiger partial charge is 0.0610 e. The summed E-state index contributed by atoms with van der Waals surface area (Å²) in [5, 5.41) is 17.5. The van der Waals surface area contributed by atoms with E-state index in [1.54, 1.807) is 5.56 Å². The lowest BCUT2D eigenvalue weighted by Gasteiger charge is -2.11. The Labute approximate surface area is 187 Å². The minimum Gasteiger partial charge on any atom is -0.0610 e. The van der Waals surface area contributed by atoms with Gasteiger partial charge in [-0.25, -0.2) is 0 Å². The second-order valence-electron chi connectivity index (χ2n) is 9.82. The van der Waals surface area contributed by atoms with Crippen molar-refractivity contribution in [1.29, 1.82) is 0 Å². The second-order valence-corrected chi connectivity index (χ2v) is 9.82. The van der Waals surface area contributed by atoms with E-state index in [1.165, 1.54) is 109 Å². The molecule has 1 aliphatic rings. The fraction of sp³-hybridized carbons (Fsp3) is 0.188. The van der Waals surface area contributed by atoms with Gasteiger partial charge in [-0.3, -0.25) is 0 Å². The maximum Gasteiger partial charge on any atom is -0.00235 e. The van der Waals surface area contributed by atoms with Gasteiger partial charge < -0.3 is 0 Å². The van der Waals surface area contributed by atoms with E-state index in [0.29, 0.717) is 0 Å². The summed E-state index contributed by atoms with van der Waals surface area (Å²) in [4.78, 5) is 0. The van der Waals surface area contributed by atoms with Gasteiger partial charge in [0.2, 0.25) is 0 Å². The van der Waals surface area contributed by atoms with E-state index in [1.807, 2.05) is 0 Å². The molecule has 0 heteroatoms. The van der Waals surface area contributed by atoms with Gasteiger partial charge >= 0.3 is 0 Å². The van der Waals surface area contributed by atoms with Crippen molar-refractivity contribution in [1.82, 2.24) is 0 Å². The van der Waals surface area contributed by atoms with Crippen LogP contribution in [0.1, 0.15) is 36.8 Å². The molecule has 0 atom stereocenters. The van der Waals surface area contributed by atoms with E-state index in [4.69, 9.17) is 0 Å². The van der Waals surface area contributed by atoms with Crippen LogP contribution < -0.4 is 0 Å². The highest BCUT2D eigenvalue weighted by atomic mass is 14.2. The Bertz CT molecular complexity index is 1810. The minimum absolute atomic E-state index is 1.17. The molecule has 0 heterocycles. The van der Waals surface area contributed by atoms with Crippen LogP contribution in [0.25, 0.3) is 64.6 Å². The topological polar surface area (TPSA) is 0 Å². The zero-order chi connectivity index (χ0) is 20.8. The van der Waals surface area contributed by atoms with Gasteiger partial charge in [-0.05, 0) is 108 Å². The monoisotopic (exact) mass is 408 g/mol. The molecule has 0 nitrogen and oxygen atoms in total. The van der Waals surface area contributed by atoms with E-state index >= 15 is 0 Å². The van der Waals surface area contributed by atoms with Crippen molar-refractivity contribution in [3.05, 3.63) is 83.9 Å². The lowest BCUT2D eigenvalue weighted by atomic mass is 9.93. The molecule has 0 spiro atoms. The van der Waals surface area contributed by atoms with Crippen molar-refractivity contribution >= 4 is 64.6 Å². The second kappa shape index (κ2) is 6.11. The van der Waals surface area contributed by atoms with Crippen molar-refractivity contribution < 1.29 is 0 Å². The molecule has 0 N–H and O–H groups in total. The van der Waals surface area contributed by atoms with Crippen LogP contribution in [0.3, 0.4) is 0 Å². The van der Waals surface area contributed by atoms with Gasteiger partial charge in [0, 0.05) is 0 Å². The molecule has 0 amide bonds.